The highest BCUT2D eigenvalue weighted by Crippen LogP contribution is 2.28. The molecule has 25 heavy (non-hydrogen) atoms. The lowest BCUT2D eigenvalue weighted by atomic mass is 10.1. The summed E-state index contributed by atoms with van der Waals surface area (Å²) in [4.78, 5) is 12.8. The lowest BCUT2D eigenvalue weighted by molar-refractivity contribution is 0.414. The van der Waals surface area contributed by atoms with Gasteiger partial charge in [-0.15, -0.1) is 0 Å². The van der Waals surface area contributed by atoms with E-state index in [1.54, 1.807) is 43.9 Å². The van der Waals surface area contributed by atoms with Crippen LogP contribution in [0.3, 0.4) is 0 Å². The number of hydrogen-bond acceptors (Lipinski definition) is 4. The summed E-state index contributed by atoms with van der Waals surface area (Å²) >= 11 is 0. The Bertz CT molecular complexity index is 941. The minimum Gasteiger partial charge on any atom is -0.507 e. The summed E-state index contributed by atoms with van der Waals surface area (Å²) in [6.07, 6.45) is 0. The fraction of sp³-hybridized carbons (Fsp3) is 0.150. The second kappa shape index (κ2) is 6.73. The maximum atomic E-state index is 12.8. The molecule has 0 aliphatic carbocycles. The molecule has 0 unspecified atom stereocenters. The first-order valence-corrected chi connectivity index (χ1v) is 7.79. The lowest BCUT2D eigenvalue weighted by Gasteiger charge is -2.16. The third-order valence-corrected chi connectivity index (χ3v) is 4.14. The molecule has 0 aliphatic rings. The molecule has 0 radical (unpaired) electrons. The average Bonchev–Trinajstić information content (AvgIpc) is 2.66. The molecule has 5 heteroatoms. The molecule has 3 aromatic rings. The molecule has 1 heterocycles. The maximum absolute atomic E-state index is 12.8. The van der Waals surface area contributed by atoms with E-state index in [9.17, 15) is 9.90 Å². The van der Waals surface area contributed by atoms with E-state index in [1.807, 2.05) is 36.4 Å². The number of aromatic nitrogens is 1. The van der Waals surface area contributed by atoms with Gasteiger partial charge in [-0.2, -0.15) is 0 Å². The van der Waals surface area contributed by atoms with Crippen molar-refractivity contribution in [3.63, 3.8) is 0 Å². The summed E-state index contributed by atoms with van der Waals surface area (Å²) in [5, 5.41) is 10.1. The summed E-state index contributed by atoms with van der Waals surface area (Å²) in [7, 11) is 3.19. The van der Waals surface area contributed by atoms with E-state index in [0.29, 0.717) is 22.7 Å². The quantitative estimate of drug-likeness (QED) is 0.791. The highest BCUT2D eigenvalue weighted by atomic mass is 16.5. The van der Waals surface area contributed by atoms with Gasteiger partial charge in [0.15, 0.2) is 0 Å². The van der Waals surface area contributed by atoms with Crippen molar-refractivity contribution in [2.24, 2.45) is 0 Å². The van der Waals surface area contributed by atoms with Crippen molar-refractivity contribution in [3.8, 4) is 34.2 Å². The highest BCUT2D eigenvalue weighted by Gasteiger charge is 2.14. The van der Waals surface area contributed by atoms with Gasteiger partial charge in [-0.1, -0.05) is 0 Å². The Labute approximate surface area is 145 Å². The van der Waals surface area contributed by atoms with E-state index in [4.69, 9.17) is 9.47 Å². The van der Waals surface area contributed by atoms with E-state index >= 15 is 0 Å². The molecule has 128 valence electrons. The van der Waals surface area contributed by atoms with Crippen molar-refractivity contribution in [2.75, 3.05) is 14.2 Å². The third kappa shape index (κ3) is 3.08. The minimum atomic E-state index is -0.268. The Morgan fingerprint density at radius 3 is 1.92 bits per heavy atom. The van der Waals surface area contributed by atoms with E-state index in [0.717, 1.165) is 11.3 Å². The van der Waals surface area contributed by atoms with Gasteiger partial charge in [-0.3, -0.25) is 9.36 Å². The smallest absolute Gasteiger partial charge is 0.262 e. The molecule has 0 saturated heterocycles. The van der Waals surface area contributed by atoms with E-state index in [2.05, 4.69) is 0 Å². The molecule has 1 aromatic heterocycles. The molecule has 5 nitrogen and oxygen atoms in total. The first kappa shape index (κ1) is 16.6. The zero-order valence-corrected chi connectivity index (χ0v) is 14.3. The topological polar surface area (TPSA) is 60.7 Å². The van der Waals surface area contributed by atoms with Gasteiger partial charge in [0.1, 0.15) is 17.2 Å². The van der Waals surface area contributed by atoms with Gasteiger partial charge >= 0.3 is 0 Å². The monoisotopic (exact) mass is 337 g/mol. The molecule has 0 aliphatic heterocycles. The fourth-order valence-electron chi connectivity index (χ4n) is 2.65. The van der Waals surface area contributed by atoms with Crippen LogP contribution in [0.4, 0.5) is 0 Å². The second-order valence-electron chi connectivity index (χ2n) is 5.61. The molecule has 3 rings (SSSR count). The molecule has 0 saturated carbocycles. The summed E-state index contributed by atoms with van der Waals surface area (Å²) in [5.41, 5.74) is 2.12. The van der Waals surface area contributed by atoms with Crippen LogP contribution in [0.25, 0.3) is 16.9 Å². The first-order valence-electron chi connectivity index (χ1n) is 7.79. The number of ether oxygens (including phenoxy) is 2. The minimum absolute atomic E-state index is 0.0272. The highest BCUT2D eigenvalue weighted by molar-refractivity contribution is 5.65. The Morgan fingerprint density at radius 1 is 0.880 bits per heavy atom. The molecular formula is C20H19NO4. The summed E-state index contributed by atoms with van der Waals surface area (Å²) in [6.45, 7) is 1.61. The van der Waals surface area contributed by atoms with Crippen LogP contribution in [0, 0.1) is 6.92 Å². The molecule has 0 bridgehead atoms. The lowest BCUT2D eigenvalue weighted by Crippen LogP contribution is -2.22. The van der Waals surface area contributed by atoms with Crippen LogP contribution in [0.1, 0.15) is 5.56 Å². The van der Waals surface area contributed by atoms with Crippen LogP contribution in [0.2, 0.25) is 0 Å². The van der Waals surface area contributed by atoms with Crippen molar-refractivity contribution >= 4 is 0 Å². The SMILES string of the molecule is COc1ccc(-c2cc(O)c(C)c(=O)n2-c2ccc(OC)cc2)cc1. The number of hydrogen-bond donors (Lipinski definition) is 1. The molecule has 0 spiro atoms. The number of rotatable bonds is 4. The number of benzene rings is 2. The van der Waals surface area contributed by atoms with Crippen molar-refractivity contribution in [1.29, 1.82) is 0 Å². The van der Waals surface area contributed by atoms with Gasteiger partial charge in [-0.05, 0) is 61.0 Å². The van der Waals surface area contributed by atoms with E-state index in [1.165, 1.54) is 0 Å². The normalized spacial score (nSPS) is 10.5. The van der Waals surface area contributed by atoms with Crippen LogP contribution in [0.5, 0.6) is 17.2 Å². The molecule has 0 amide bonds. The molecule has 0 fully saturated rings. The van der Waals surface area contributed by atoms with Crippen molar-refractivity contribution in [1.82, 2.24) is 4.57 Å². The predicted molar refractivity (Wildman–Crippen MR) is 97.0 cm³/mol. The van der Waals surface area contributed by atoms with Crippen LogP contribution in [-0.4, -0.2) is 23.9 Å². The van der Waals surface area contributed by atoms with Gasteiger partial charge in [0.05, 0.1) is 25.5 Å². The molecular weight excluding hydrogens is 318 g/mol. The summed E-state index contributed by atoms with van der Waals surface area (Å²) < 4.78 is 11.9. The summed E-state index contributed by atoms with van der Waals surface area (Å²) in [6, 6.07) is 16.1. The average molecular weight is 337 g/mol. The first-order chi connectivity index (χ1) is 12.0. The van der Waals surface area contributed by atoms with Crippen LogP contribution in [-0.2, 0) is 0 Å². The maximum Gasteiger partial charge on any atom is 0.262 e. The Morgan fingerprint density at radius 2 is 1.40 bits per heavy atom. The third-order valence-electron chi connectivity index (χ3n) is 4.14. The van der Waals surface area contributed by atoms with Crippen molar-refractivity contribution in [3.05, 3.63) is 70.5 Å². The predicted octanol–water partition coefficient (Wildman–Crippen LogP) is 3.54. The number of aromatic hydroxyl groups is 1. The molecule has 2 aromatic carbocycles. The number of nitrogens with zero attached hydrogens (tertiary/aromatic N) is 1. The second-order valence-corrected chi connectivity index (χ2v) is 5.61. The van der Waals surface area contributed by atoms with Crippen LogP contribution < -0.4 is 15.0 Å². The zero-order chi connectivity index (χ0) is 18.0. The van der Waals surface area contributed by atoms with Crippen molar-refractivity contribution < 1.29 is 14.6 Å². The van der Waals surface area contributed by atoms with Gasteiger partial charge in [0, 0.05) is 11.8 Å². The fourth-order valence-corrected chi connectivity index (χ4v) is 2.65. The molecule has 1 N–H and O–H groups in total. The Hall–Kier alpha value is -3.21. The van der Waals surface area contributed by atoms with Crippen molar-refractivity contribution in [2.45, 2.75) is 6.92 Å². The number of pyridine rings is 1. The van der Waals surface area contributed by atoms with E-state index < -0.39 is 0 Å². The largest absolute Gasteiger partial charge is 0.507 e. The van der Waals surface area contributed by atoms with Crippen LogP contribution in [0.15, 0.2) is 59.4 Å². The zero-order valence-electron chi connectivity index (χ0n) is 14.3. The molecule has 0 atom stereocenters. The summed E-state index contributed by atoms with van der Waals surface area (Å²) in [5.74, 6) is 1.40. The Balaban J connectivity index is 2.24. The van der Waals surface area contributed by atoms with E-state index in [-0.39, 0.29) is 11.3 Å². The van der Waals surface area contributed by atoms with Gasteiger partial charge < -0.3 is 14.6 Å². The van der Waals surface area contributed by atoms with Gasteiger partial charge in [-0.25, -0.2) is 0 Å². The standard InChI is InChI=1S/C20H19NO4/c1-13-19(22)12-18(14-4-8-16(24-2)9-5-14)21(20(13)23)15-6-10-17(25-3)11-7-15/h4-12,22H,1-3H3. The van der Waals surface area contributed by atoms with Gasteiger partial charge in [0.2, 0.25) is 0 Å². The van der Waals surface area contributed by atoms with Crippen LogP contribution >= 0.6 is 0 Å². The Kier molecular flexibility index (Phi) is 4.48. The van der Waals surface area contributed by atoms with Gasteiger partial charge in [0.25, 0.3) is 5.56 Å². The number of methoxy groups -OCH3 is 2.